The molecule has 15 atom stereocenters. The van der Waals surface area contributed by atoms with Gasteiger partial charge in [-0.2, -0.15) is 0 Å². The molecule has 310 valence electrons. The van der Waals surface area contributed by atoms with Crippen molar-refractivity contribution >= 4 is 17.4 Å². The SMILES string of the molecule is CCOCC1=c2ccccc2=C[C@@H]2[C@@H]1CC[C@@]13CCC4[C@](C)([C@H](O)CO)[C@@H](O)CC[C@]42[C@H]1C(=O)C=C1[C@H]2CC(C)(C)C[C@]45CCC[C@H]4C=C[C@@](O)(C[C@]13C)[C@]25CO. The van der Waals surface area contributed by atoms with Crippen LogP contribution in [0.3, 0.4) is 0 Å². The maximum absolute atomic E-state index is 16.1. The van der Waals surface area contributed by atoms with Crippen LogP contribution in [0, 0.1) is 73.4 Å². The lowest BCUT2D eigenvalue weighted by atomic mass is 9.27. The van der Waals surface area contributed by atoms with Crippen molar-refractivity contribution in [3.8, 4) is 0 Å². The Bertz CT molecular complexity index is 2050. The average Bonchev–Trinajstić information content (AvgIpc) is 3.56. The number of hydrogen-bond donors (Lipinski definition) is 5. The van der Waals surface area contributed by atoms with E-state index in [-0.39, 0.29) is 46.9 Å². The standard InChI is InChI=1S/C50H68O7/c1-6-57-26-34-32-12-8-7-10-30(32)22-35-33(34)14-18-46-19-15-39-45(5,41(55)25-51)40(54)16-21-49(35,39)42(46)38(53)23-36-37-24-43(2,3)27-47-17-9-11-31(47)13-20-48(56,28-44(36,46)4)50(37,47)29-52/h7-8,10,12-13,20,22-23,31,33,35,37,39-42,51-52,54-56H,6,9,11,14-19,21,24-29H2,1-5H3/t31-,33+,35+,37+,39?,40-,41+,42-,44+,45-,46+,47+,48+,49+,50+/m0/s1. The number of ketones is 1. The fourth-order valence-electron chi connectivity index (χ4n) is 18.4. The largest absolute Gasteiger partial charge is 0.396 e. The summed E-state index contributed by atoms with van der Waals surface area (Å²) in [5.74, 6) is -0.238. The Morgan fingerprint density at radius 3 is 2.47 bits per heavy atom. The van der Waals surface area contributed by atoms with Crippen molar-refractivity contribution < 1.29 is 35.1 Å². The van der Waals surface area contributed by atoms with Gasteiger partial charge in [-0.05, 0) is 156 Å². The monoisotopic (exact) mass is 780 g/mol. The van der Waals surface area contributed by atoms with Crippen molar-refractivity contribution in [1.82, 2.24) is 0 Å². The number of carbonyl (C=O) groups is 1. The predicted molar refractivity (Wildman–Crippen MR) is 219 cm³/mol. The first-order chi connectivity index (χ1) is 27.1. The van der Waals surface area contributed by atoms with E-state index in [2.05, 4.69) is 69.3 Å². The Labute approximate surface area is 339 Å². The van der Waals surface area contributed by atoms with Crippen molar-refractivity contribution in [2.75, 3.05) is 26.4 Å². The van der Waals surface area contributed by atoms with Crippen molar-refractivity contribution in [1.29, 1.82) is 0 Å². The molecule has 2 bridgehead atoms. The number of allylic oxidation sites excluding steroid dienone is 3. The molecule has 9 aliphatic carbocycles. The molecule has 1 aromatic rings. The van der Waals surface area contributed by atoms with E-state index in [4.69, 9.17) is 4.74 Å². The number of rotatable bonds is 6. The van der Waals surface area contributed by atoms with E-state index in [9.17, 15) is 25.5 Å². The molecule has 7 nitrogen and oxygen atoms in total. The van der Waals surface area contributed by atoms with Gasteiger partial charge in [0.05, 0.1) is 37.6 Å². The highest BCUT2D eigenvalue weighted by Crippen LogP contribution is 2.84. The van der Waals surface area contributed by atoms with Crippen LogP contribution in [0.5, 0.6) is 0 Å². The summed E-state index contributed by atoms with van der Waals surface area (Å²) >= 11 is 0. The van der Waals surface area contributed by atoms with Gasteiger partial charge in [-0.3, -0.25) is 4.79 Å². The number of ether oxygens (including phenoxy) is 1. The lowest BCUT2D eigenvalue weighted by Gasteiger charge is -2.77. The van der Waals surface area contributed by atoms with E-state index >= 15 is 4.79 Å². The molecule has 10 rings (SSSR count). The number of aliphatic hydroxyl groups is 5. The molecule has 0 amide bonds. The smallest absolute Gasteiger partial charge is 0.159 e. The van der Waals surface area contributed by atoms with Crippen molar-refractivity contribution in [2.45, 2.75) is 129 Å². The molecule has 57 heavy (non-hydrogen) atoms. The minimum absolute atomic E-state index is 0.0302. The lowest BCUT2D eigenvalue weighted by molar-refractivity contribution is -0.284. The van der Waals surface area contributed by atoms with Gasteiger partial charge in [0, 0.05) is 23.4 Å². The molecule has 1 aromatic carbocycles. The molecule has 0 aliphatic heterocycles. The maximum atomic E-state index is 16.1. The van der Waals surface area contributed by atoms with Crippen molar-refractivity contribution in [3.05, 3.63) is 58.5 Å². The molecule has 0 aromatic heterocycles. The topological polar surface area (TPSA) is 127 Å². The Kier molecular flexibility index (Phi) is 8.54. The second-order valence-electron chi connectivity index (χ2n) is 22.2. The molecule has 9 aliphatic rings. The number of hydrogen-bond acceptors (Lipinski definition) is 7. The molecule has 1 unspecified atom stereocenters. The Morgan fingerprint density at radius 1 is 0.947 bits per heavy atom. The number of aliphatic hydroxyl groups excluding tert-OH is 4. The molecule has 6 saturated carbocycles. The second kappa shape index (κ2) is 12.5. The number of benzene rings is 1. The minimum Gasteiger partial charge on any atom is -0.396 e. The van der Waals surface area contributed by atoms with E-state index in [1.165, 1.54) is 16.4 Å². The van der Waals surface area contributed by atoms with Crippen LogP contribution in [0.1, 0.15) is 112 Å². The molecule has 0 heterocycles. The third kappa shape index (κ3) is 4.43. The van der Waals surface area contributed by atoms with Gasteiger partial charge in [0.2, 0.25) is 0 Å². The fourth-order valence-corrected chi connectivity index (χ4v) is 18.4. The fraction of sp³-hybridized carbons (Fsp3) is 0.740. The summed E-state index contributed by atoms with van der Waals surface area (Å²) in [5.41, 5.74) is -2.49. The van der Waals surface area contributed by atoms with E-state index < -0.39 is 57.4 Å². The first-order valence-corrected chi connectivity index (χ1v) is 22.7. The summed E-state index contributed by atoms with van der Waals surface area (Å²) in [6.07, 6.45) is 16.7. The highest BCUT2D eigenvalue weighted by molar-refractivity contribution is 5.96. The Hall–Kier alpha value is -2.13. The van der Waals surface area contributed by atoms with E-state index in [0.717, 1.165) is 63.0 Å². The van der Waals surface area contributed by atoms with E-state index in [1.54, 1.807) is 0 Å². The van der Waals surface area contributed by atoms with Gasteiger partial charge in [-0.1, -0.05) is 82.2 Å². The van der Waals surface area contributed by atoms with Crippen LogP contribution in [0.2, 0.25) is 0 Å². The molecule has 5 N–H and O–H groups in total. The molecule has 6 fully saturated rings. The molecule has 0 saturated heterocycles. The van der Waals surface area contributed by atoms with Crippen LogP contribution in [-0.2, 0) is 9.53 Å². The molecular weight excluding hydrogens is 713 g/mol. The summed E-state index contributed by atoms with van der Waals surface area (Å²) in [7, 11) is 0. The zero-order valence-electron chi connectivity index (χ0n) is 35.1. The van der Waals surface area contributed by atoms with Gasteiger partial charge >= 0.3 is 0 Å². The summed E-state index contributed by atoms with van der Waals surface area (Å²) in [4.78, 5) is 16.1. The molecule has 0 radical (unpaired) electrons. The van der Waals surface area contributed by atoms with Crippen LogP contribution < -0.4 is 10.4 Å². The van der Waals surface area contributed by atoms with Gasteiger partial charge in [0.1, 0.15) is 0 Å². The van der Waals surface area contributed by atoms with Crippen LogP contribution in [0.25, 0.3) is 11.6 Å². The van der Waals surface area contributed by atoms with Gasteiger partial charge in [-0.25, -0.2) is 0 Å². The Morgan fingerprint density at radius 2 is 1.72 bits per heavy atom. The van der Waals surface area contributed by atoms with Gasteiger partial charge in [0.25, 0.3) is 0 Å². The highest BCUT2D eigenvalue weighted by atomic mass is 16.5. The second-order valence-corrected chi connectivity index (χ2v) is 22.2. The first-order valence-electron chi connectivity index (χ1n) is 22.7. The molecule has 7 heteroatoms. The van der Waals surface area contributed by atoms with E-state index in [1.807, 2.05) is 13.8 Å². The summed E-state index contributed by atoms with van der Waals surface area (Å²) in [6, 6.07) is 8.63. The first kappa shape index (κ1) is 39.0. The molecular formula is C50H68O7. The van der Waals surface area contributed by atoms with Crippen molar-refractivity contribution in [3.63, 3.8) is 0 Å². The van der Waals surface area contributed by atoms with Crippen LogP contribution in [0.4, 0.5) is 0 Å². The third-order valence-electron chi connectivity index (χ3n) is 20.2. The van der Waals surface area contributed by atoms with Gasteiger partial charge < -0.3 is 30.3 Å². The highest BCUT2D eigenvalue weighted by Gasteiger charge is 2.82. The number of fused-ring (bicyclic) bond motifs is 4. The minimum atomic E-state index is -1.24. The van der Waals surface area contributed by atoms with Gasteiger partial charge in [-0.15, -0.1) is 0 Å². The zero-order valence-corrected chi connectivity index (χ0v) is 35.1. The quantitative estimate of drug-likeness (QED) is 0.237. The average molecular weight is 781 g/mol. The zero-order chi connectivity index (χ0) is 40.2. The third-order valence-corrected chi connectivity index (χ3v) is 20.2. The normalized spacial score (nSPS) is 50.4. The summed E-state index contributed by atoms with van der Waals surface area (Å²) in [5, 5.41) is 62.7. The van der Waals surface area contributed by atoms with Crippen LogP contribution in [-0.4, -0.2) is 75.6 Å². The van der Waals surface area contributed by atoms with E-state index in [0.29, 0.717) is 38.4 Å². The van der Waals surface area contributed by atoms with Crippen LogP contribution >= 0.6 is 0 Å². The molecule has 2 spiro atoms. The van der Waals surface area contributed by atoms with Crippen LogP contribution in [0.15, 0.2) is 48.1 Å². The van der Waals surface area contributed by atoms with Crippen molar-refractivity contribution in [2.24, 2.45) is 73.4 Å². The lowest BCUT2D eigenvalue weighted by Crippen LogP contribution is -2.77. The van der Waals surface area contributed by atoms with Gasteiger partial charge in [0.15, 0.2) is 5.78 Å². The summed E-state index contributed by atoms with van der Waals surface area (Å²) in [6.45, 7) is 11.8. The summed E-state index contributed by atoms with van der Waals surface area (Å²) < 4.78 is 6.31. The maximum Gasteiger partial charge on any atom is 0.159 e. The number of carbonyl (C=O) groups excluding carboxylic acids is 1. The Balaban J connectivity index is 1.25. The predicted octanol–water partition coefficient (Wildman–Crippen LogP) is 5.63.